The molecular formula is C6H9N. The average Bonchev–Trinajstić information content (AvgIpc) is 1.61. The Bertz CT molecular complexity index is 101. The normalized spacial score (nSPS) is 9.29. The van der Waals surface area contributed by atoms with E-state index >= 15 is 0 Å². The first kappa shape index (κ1) is 6.15. The van der Waals surface area contributed by atoms with Gasteiger partial charge < -0.3 is 5.41 Å². The van der Waals surface area contributed by atoms with Gasteiger partial charge in [-0.25, -0.2) is 0 Å². The van der Waals surface area contributed by atoms with Gasteiger partial charge in [-0.3, -0.25) is 0 Å². The van der Waals surface area contributed by atoms with E-state index in [1.807, 2.05) is 6.92 Å². The van der Waals surface area contributed by atoms with E-state index < -0.39 is 0 Å². The van der Waals surface area contributed by atoms with Gasteiger partial charge in [0.2, 0.25) is 0 Å². The number of hydrogen-bond donors (Lipinski definition) is 1. The van der Waals surface area contributed by atoms with E-state index in [0.29, 0.717) is 0 Å². The van der Waals surface area contributed by atoms with Crippen LogP contribution in [0.3, 0.4) is 0 Å². The maximum atomic E-state index is 6.54. The van der Waals surface area contributed by atoms with Gasteiger partial charge in [0.1, 0.15) is 0 Å². The van der Waals surface area contributed by atoms with Gasteiger partial charge in [-0.2, -0.15) is 0 Å². The van der Waals surface area contributed by atoms with Gasteiger partial charge in [0.25, 0.3) is 0 Å². The molecule has 0 amide bonds. The third-order valence-electron chi connectivity index (χ3n) is 0.477. The lowest BCUT2D eigenvalue weighted by molar-refractivity contribution is 1.55. The van der Waals surface area contributed by atoms with Crippen molar-refractivity contribution < 1.29 is 0 Å². The van der Waals surface area contributed by atoms with Crippen LogP contribution in [0.2, 0.25) is 0 Å². The molecule has 0 fully saturated rings. The van der Waals surface area contributed by atoms with Crippen LogP contribution in [-0.2, 0) is 0 Å². The first-order valence-electron chi connectivity index (χ1n) is 2.10. The molecule has 7 heavy (non-hydrogen) atoms. The van der Waals surface area contributed by atoms with Gasteiger partial charge in [-0.15, -0.1) is 0 Å². The molecule has 0 aliphatic carbocycles. The third-order valence-corrected chi connectivity index (χ3v) is 0.477. The van der Waals surface area contributed by atoms with Gasteiger partial charge in [0.05, 0.1) is 0 Å². The first-order chi connectivity index (χ1) is 3.27. The third kappa shape index (κ3) is 5.15. The highest BCUT2D eigenvalue weighted by atomic mass is 14.3. The fourth-order valence-corrected chi connectivity index (χ4v) is 0.212. The second-order valence-corrected chi connectivity index (χ2v) is 1.37. The molecule has 0 spiro atoms. The molecule has 38 valence electrons. The maximum absolute atomic E-state index is 6.54. The SMILES string of the molecule is C=C(C)/C=C\C=N. The van der Waals surface area contributed by atoms with Crippen LogP contribution < -0.4 is 0 Å². The van der Waals surface area contributed by atoms with Crippen molar-refractivity contribution in [2.75, 3.05) is 0 Å². The van der Waals surface area contributed by atoms with Crippen molar-refractivity contribution in [1.82, 2.24) is 0 Å². The van der Waals surface area contributed by atoms with Crippen LogP contribution in [0.1, 0.15) is 6.92 Å². The maximum Gasteiger partial charge on any atom is 0.0177 e. The van der Waals surface area contributed by atoms with Gasteiger partial charge in [-0.05, 0) is 13.0 Å². The molecule has 0 aliphatic rings. The molecular weight excluding hydrogens is 86.1 g/mol. The lowest BCUT2D eigenvalue weighted by atomic mass is 10.3. The van der Waals surface area contributed by atoms with E-state index in [4.69, 9.17) is 5.41 Å². The molecule has 1 heteroatoms. The summed E-state index contributed by atoms with van der Waals surface area (Å²) in [6.07, 6.45) is 4.66. The van der Waals surface area contributed by atoms with Crippen molar-refractivity contribution in [2.24, 2.45) is 0 Å². The Morgan fingerprint density at radius 2 is 2.29 bits per heavy atom. The Hall–Kier alpha value is -0.850. The summed E-state index contributed by atoms with van der Waals surface area (Å²) in [5.41, 5.74) is 0.975. The van der Waals surface area contributed by atoms with Crippen molar-refractivity contribution in [1.29, 1.82) is 5.41 Å². The number of allylic oxidation sites excluding steroid dienone is 3. The van der Waals surface area contributed by atoms with Gasteiger partial charge in [0, 0.05) is 6.21 Å². The lowest BCUT2D eigenvalue weighted by Crippen LogP contribution is -1.60. The zero-order valence-corrected chi connectivity index (χ0v) is 4.44. The highest BCUT2D eigenvalue weighted by Gasteiger charge is 1.66. The molecule has 0 rings (SSSR count). The predicted molar refractivity (Wildman–Crippen MR) is 32.7 cm³/mol. The minimum absolute atomic E-state index is 0.975. The quantitative estimate of drug-likeness (QED) is 0.399. The Balaban J connectivity index is 3.46. The molecule has 1 nitrogen and oxygen atoms in total. The van der Waals surface area contributed by atoms with Crippen molar-refractivity contribution in [2.45, 2.75) is 6.92 Å². The summed E-state index contributed by atoms with van der Waals surface area (Å²) < 4.78 is 0. The van der Waals surface area contributed by atoms with Gasteiger partial charge in [0.15, 0.2) is 0 Å². The van der Waals surface area contributed by atoms with Crippen LogP contribution in [0.5, 0.6) is 0 Å². The minimum atomic E-state index is 0.975. The number of hydrogen-bond acceptors (Lipinski definition) is 1. The molecule has 0 aromatic carbocycles. The minimum Gasteiger partial charge on any atom is -0.309 e. The second kappa shape index (κ2) is 3.34. The molecule has 0 bridgehead atoms. The number of rotatable bonds is 2. The van der Waals surface area contributed by atoms with Gasteiger partial charge in [-0.1, -0.05) is 18.2 Å². The summed E-state index contributed by atoms with van der Waals surface area (Å²) in [6.45, 7) is 5.49. The second-order valence-electron chi connectivity index (χ2n) is 1.37. The molecule has 0 unspecified atom stereocenters. The largest absolute Gasteiger partial charge is 0.309 e. The van der Waals surface area contributed by atoms with E-state index in [1.54, 1.807) is 12.2 Å². The molecule has 1 N–H and O–H groups in total. The van der Waals surface area contributed by atoms with Crippen LogP contribution in [0, 0.1) is 5.41 Å². The van der Waals surface area contributed by atoms with E-state index in [1.165, 1.54) is 6.21 Å². The molecule has 0 aromatic rings. The Morgan fingerprint density at radius 3 is 2.43 bits per heavy atom. The van der Waals surface area contributed by atoms with Crippen LogP contribution in [0.4, 0.5) is 0 Å². The van der Waals surface area contributed by atoms with Crippen LogP contribution in [-0.4, -0.2) is 6.21 Å². The molecule has 0 saturated carbocycles. The fraction of sp³-hybridized carbons (Fsp3) is 0.167. The highest BCUT2D eigenvalue weighted by molar-refractivity contribution is 5.68. The molecule has 0 atom stereocenters. The van der Waals surface area contributed by atoms with Crippen LogP contribution in [0.15, 0.2) is 24.3 Å². The summed E-state index contributed by atoms with van der Waals surface area (Å²) in [5.74, 6) is 0. The Kier molecular flexibility index (Phi) is 2.94. The molecule has 0 aliphatic heterocycles. The first-order valence-corrected chi connectivity index (χ1v) is 2.10. The predicted octanol–water partition coefficient (Wildman–Crippen LogP) is 1.77. The monoisotopic (exact) mass is 95.1 g/mol. The van der Waals surface area contributed by atoms with Crippen LogP contribution in [0.25, 0.3) is 0 Å². The van der Waals surface area contributed by atoms with Crippen LogP contribution >= 0.6 is 0 Å². The van der Waals surface area contributed by atoms with E-state index in [0.717, 1.165) is 5.57 Å². The summed E-state index contributed by atoms with van der Waals surface area (Å²) in [7, 11) is 0. The topological polar surface area (TPSA) is 23.9 Å². The van der Waals surface area contributed by atoms with Gasteiger partial charge >= 0.3 is 0 Å². The van der Waals surface area contributed by atoms with Crippen molar-refractivity contribution in [3.8, 4) is 0 Å². The van der Waals surface area contributed by atoms with E-state index in [9.17, 15) is 0 Å². The van der Waals surface area contributed by atoms with Crippen molar-refractivity contribution in [3.05, 3.63) is 24.3 Å². The number of nitrogens with one attached hydrogen (secondary N) is 1. The molecule has 0 saturated heterocycles. The molecule has 0 aromatic heterocycles. The fourth-order valence-electron chi connectivity index (χ4n) is 0.212. The average molecular weight is 95.1 g/mol. The summed E-state index contributed by atoms with van der Waals surface area (Å²) in [5, 5.41) is 6.54. The van der Waals surface area contributed by atoms with Crippen molar-refractivity contribution >= 4 is 6.21 Å². The zero-order chi connectivity index (χ0) is 5.70. The highest BCUT2D eigenvalue weighted by Crippen LogP contribution is 1.84. The lowest BCUT2D eigenvalue weighted by Gasteiger charge is -1.76. The Morgan fingerprint density at radius 1 is 1.71 bits per heavy atom. The summed E-state index contributed by atoms with van der Waals surface area (Å²) >= 11 is 0. The van der Waals surface area contributed by atoms with E-state index in [-0.39, 0.29) is 0 Å². The summed E-state index contributed by atoms with van der Waals surface area (Å²) in [4.78, 5) is 0. The molecule has 0 radical (unpaired) electrons. The summed E-state index contributed by atoms with van der Waals surface area (Å²) in [6, 6.07) is 0. The smallest absolute Gasteiger partial charge is 0.0177 e. The van der Waals surface area contributed by atoms with Crippen molar-refractivity contribution in [3.63, 3.8) is 0 Å². The Labute approximate surface area is 43.9 Å². The standard InChI is InChI=1S/C6H9N/c1-6(2)4-3-5-7/h3-5,7H,1H2,2H3/b4-3-,7-5?. The zero-order valence-electron chi connectivity index (χ0n) is 4.44. The molecule has 0 heterocycles. The van der Waals surface area contributed by atoms with E-state index in [2.05, 4.69) is 6.58 Å².